The fraction of sp³-hybridized carbons (Fsp3) is 0.0526. The molecule has 3 aromatic rings. The highest BCUT2D eigenvalue weighted by atomic mass is 79.9. The molecule has 0 bridgehead atoms. The lowest BCUT2D eigenvalue weighted by molar-refractivity contribution is -0.132. The Morgan fingerprint density at radius 3 is 2.57 bits per heavy atom. The van der Waals surface area contributed by atoms with E-state index in [0.717, 1.165) is 15.8 Å². The first kappa shape index (κ1) is 18.5. The van der Waals surface area contributed by atoms with Crippen LogP contribution in [0.3, 0.4) is 0 Å². The minimum absolute atomic E-state index is 0.0927. The molecule has 9 heteroatoms. The van der Waals surface area contributed by atoms with Crippen molar-refractivity contribution in [3.8, 4) is 0 Å². The van der Waals surface area contributed by atoms with E-state index in [1.807, 2.05) is 0 Å². The Morgan fingerprint density at radius 1 is 1.18 bits per heavy atom. The van der Waals surface area contributed by atoms with Gasteiger partial charge in [-0.05, 0) is 42.0 Å². The average Bonchev–Trinajstić information content (AvgIpc) is 3.29. The fourth-order valence-corrected chi connectivity index (χ4v) is 4.06. The third-order valence-corrected chi connectivity index (χ3v) is 5.46. The number of Topliss-reactive ketones (excluding diaryl/α,β-unsaturated/α-hetero) is 1. The SMILES string of the molecule is O=C1C(=O)N(c2nncs2)[C@@H](c2cccc(Br)c2)C1=C(O)c1ccc(F)cc1. The minimum Gasteiger partial charge on any atom is -0.507 e. The van der Waals surface area contributed by atoms with Crippen LogP contribution >= 0.6 is 27.3 Å². The zero-order valence-electron chi connectivity index (χ0n) is 14.0. The number of benzene rings is 2. The maximum absolute atomic E-state index is 13.3. The zero-order chi connectivity index (χ0) is 19.8. The topological polar surface area (TPSA) is 83.4 Å². The molecule has 0 unspecified atom stereocenters. The van der Waals surface area contributed by atoms with E-state index in [9.17, 15) is 19.1 Å². The van der Waals surface area contributed by atoms with Gasteiger partial charge in [0.2, 0.25) is 5.13 Å². The Labute approximate surface area is 171 Å². The van der Waals surface area contributed by atoms with Gasteiger partial charge >= 0.3 is 5.91 Å². The molecule has 1 aliphatic rings. The summed E-state index contributed by atoms with van der Waals surface area (Å²) in [6.45, 7) is 0. The molecule has 1 N–H and O–H groups in total. The van der Waals surface area contributed by atoms with Crippen molar-refractivity contribution in [2.45, 2.75) is 6.04 Å². The summed E-state index contributed by atoms with van der Waals surface area (Å²) < 4.78 is 14.0. The van der Waals surface area contributed by atoms with Crippen LogP contribution in [0.5, 0.6) is 0 Å². The lowest BCUT2D eigenvalue weighted by atomic mass is 9.95. The van der Waals surface area contributed by atoms with E-state index in [1.165, 1.54) is 34.7 Å². The molecule has 140 valence electrons. The number of aliphatic hydroxyl groups excluding tert-OH is 1. The first-order valence-corrected chi connectivity index (χ1v) is 9.73. The summed E-state index contributed by atoms with van der Waals surface area (Å²) in [6, 6.07) is 11.2. The van der Waals surface area contributed by atoms with Crippen LogP contribution in [-0.4, -0.2) is 27.0 Å². The molecular weight excluding hydrogens is 449 g/mol. The number of carbonyl (C=O) groups is 2. The van der Waals surface area contributed by atoms with E-state index in [2.05, 4.69) is 26.1 Å². The van der Waals surface area contributed by atoms with Gasteiger partial charge in [-0.3, -0.25) is 14.5 Å². The average molecular weight is 460 g/mol. The highest BCUT2D eigenvalue weighted by Gasteiger charge is 2.48. The van der Waals surface area contributed by atoms with Crippen LogP contribution in [0, 0.1) is 5.82 Å². The number of halogens is 2. The molecule has 2 aromatic carbocycles. The summed E-state index contributed by atoms with van der Waals surface area (Å²) >= 11 is 4.49. The molecule has 1 aliphatic heterocycles. The van der Waals surface area contributed by atoms with Crippen molar-refractivity contribution in [1.29, 1.82) is 0 Å². The normalized spacial score (nSPS) is 18.6. The predicted octanol–water partition coefficient (Wildman–Crippen LogP) is 4.07. The number of hydrogen-bond acceptors (Lipinski definition) is 6. The zero-order valence-corrected chi connectivity index (χ0v) is 16.4. The van der Waals surface area contributed by atoms with Gasteiger partial charge < -0.3 is 5.11 Å². The number of hydrogen-bond donors (Lipinski definition) is 1. The van der Waals surface area contributed by atoms with Crippen molar-refractivity contribution in [2.24, 2.45) is 0 Å². The first-order valence-electron chi connectivity index (χ1n) is 8.06. The second-order valence-corrected chi connectivity index (χ2v) is 7.68. The number of ketones is 1. The number of anilines is 1. The van der Waals surface area contributed by atoms with Gasteiger partial charge in [-0.25, -0.2) is 4.39 Å². The molecule has 1 fully saturated rings. The Balaban J connectivity index is 1.95. The molecule has 2 heterocycles. The van der Waals surface area contributed by atoms with E-state index >= 15 is 0 Å². The van der Waals surface area contributed by atoms with Crippen molar-refractivity contribution in [3.63, 3.8) is 0 Å². The fourth-order valence-electron chi connectivity index (χ4n) is 3.06. The Bertz CT molecular complexity index is 1100. The van der Waals surface area contributed by atoms with Gasteiger partial charge in [-0.15, -0.1) is 10.2 Å². The smallest absolute Gasteiger partial charge is 0.301 e. The second-order valence-electron chi connectivity index (χ2n) is 5.95. The Kier molecular flexibility index (Phi) is 4.78. The van der Waals surface area contributed by atoms with Crippen LogP contribution in [-0.2, 0) is 9.59 Å². The van der Waals surface area contributed by atoms with Gasteiger partial charge in [0.1, 0.15) is 17.1 Å². The van der Waals surface area contributed by atoms with Crippen LogP contribution in [0.15, 0.2) is 64.1 Å². The molecule has 0 saturated carbocycles. The van der Waals surface area contributed by atoms with Crippen molar-refractivity contribution in [2.75, 3.05) is 4.90 Å². The molecule has 0 aliphatic carbocycles. The summed E-state index contributed by atoms with van der Waals surface area (Å²) in [4.78, 5) is 26.8. The minimum atomic E-state index is -0.893. The van der Waals surface area contributed by atoms with Crippen molar-refractivity contribution >= 4 is 49.8 Å². The summed E-state index contributed by atoms with van der Waals surface area (Å²) in [7, 11) is 0. The lowest BCUT2D eigenvalue weighted by Crippen LogP contribution is -2.29. The van der Waals surface area contributed by atoms with Crippen molar-refractivity contribution in [1.82, 2.24) is 10.2 Å². The van der Waals surface area contributed by atoms with Crippen molar-refractivity contribution in [3.05, 3.63) is 81.0 Å². The molecule has 1 saturated heterocycles. The first-order chi connectivity index (χ1) is 13.5. The van der Waals surface area contributed by atoms with Gasteiger partial charge in [0, 0.05) is 10.0 Å². The highest BCUT2D eigenvalue weighted by Crippen LogP contribution is 2.42. The highest BCUT2D eigenvalue weighted by molar-refractivity contribution is 9.10. The summed E-state index contributed by atoms with van der Waals surface area (Å²) in [5.41, 5.74) is 2.20. The molecule has 1 atom stereocenters. The molecule has 0 spiro atoms. The molecule has 6 nitrogen and oxygen atoms in total. The molecule has 0 radical (unpaired) electrons. The van der Waals surface area contributed by atoms with E-state index in [1.54, 1.807) is 24.3 Å². The van der Waals surface area contributed by atoms with Crippen LogP contribution in [0.2, 0.25) is 0 Å². The van der Waals surface area contributed by atoms with E-state index in [-0.39, 0.29) is 22.0 Å². The van der Waals surface area contributed by atoms with Crippen LogP contribution < -0.4 is 4.90 Å². The lowest BCUT2D eigenvalue weighted by Gasteiger charge is -2.22. The van der Waals surface area contributed by atoms with E-state index in [4.69, 9.17) is 0 Å². The molecule has 28 heavy (non-hydrogen) atoms. The predicted molar refractivity (Wildman–Crippen MR) is 105 cm³/mol. The number of carbonyl (C=O) groups excluding carboxylic acids is 2. The number of nitrogens with zero attached hydrogens (tertiary/aromatic N) is 3. The summed E-state index contributed by atoms with van der Waals surface area (Å²) in [6.07, 6.45) is 0. The maximum Gasteiger partial charge on any atom is 0.301 e. The van der Waals surface area contributed by atoms with Crippen molar-refractivity contribution < 1.29 is 19.1 Å². The van der Waals surface area contributed by atoms with E-state index < -0.39 is 23.5 Å². The standard InChI is InChI=1S/C19H11BrFN3O3S/c20-12-3-1-2-11(8-12)15-14(16(25)10-4-6-13(21)7-5-10)17(26)18(27)24(15)19-23-22-9-28-19/h1-9,15,25H/t15-/m0/s1. The number of aromatic nitrogens is 2. The van der Waals surface area contributed by atoms with Crippen LogP contribution in [0.4, 0.5) is 9.52 Å². The van der Waals surface area contributed by atoms with Gasteiger partial charge in [0.25, 0.3) is 5.78 Å². The van der Waals surface area contributed by atoms with Crippen LogP contribution in [0.1, 0.15) is 17.2 Å². The molecule has 4 rings (SSSR count). The largest absolute Gasteiger partial charge is 0.507 e. The van der Waals surface area contributed by atoms with E-state index in [0.29, 0.717) is 5.56 Å². The monoisotopic (exact) mass is 459 g/mol. The molecule has 1 aromatic heterocycles. The Hall–Kier alpha value is -2.91. The number of amides is 1. The van der Waals surface area contributed by atoms with Gasteiger partial charge in [0.05, 0.1) is 11.6 Å². The second kappa shape index (κ2) is 7.25. The molecular formula is C19H11BrFN3O3S. The summed E-state index contributed by atoms with van der Waals surface area (Å²) in [5.74, 6) is -2.52. The maximum atomic E-state index is 13.3. The Morgan fingerprint density at radius 2 is 1.93 bits per heavy atom. The quantitative estimate of drug-likeness (QED) is 0.362. The third-order valence-electron chi connectivity index (χ3n) is 4.28. The molecule has 1 amide bonds. The van der Waals surface area contributed by atoms with Gasteiger partial charge in [-0.1, -0.05) is 39.4 Å². The van der Waals surface area contributed by atoms with Gasteiger partial charge in [-0.2, -0.15) is 0 Å². The number of aliphatic hydroxyl groups is 1. The van der Waals surface area contributed by atoms with Crippen LogP contribution in [0.25, 0.3) is 5.76 Å². The summed E-state index contributed by atoms with van der Waals surface area (Å²) in [5, 5.41) is 18.7. The third kappa shape index (κ3) is 3.12. The van der Waals surface area contributed by atoms with Gasteiger partial charge in [0.15, 0.2) is 0 Å². The number of rotatable bonds is 3.